The molecule has 0 saturated carbocycles. The summed E-state index contributed by atoms with van der Waals surface area (Å²) in [4.78, 5) is 15.9. The van der Waals surface area contributed by atoms with Gasteiger partial charge in [0.25, 0.3) is 0 Å². The molecule has 0 atom stereocenters. The smallest absolute Gasteiger partial charge is 0.230 e. The van der Waals surface area contributed by atoms with Gasteiger partial charge in [-0.3, -0.25) is 9.36 Å². The predicted molar refractivity (Wildman–Crippen MR) is 144 cm³/mol. The number of amides is 1. The first kappa shape index (κ1) is 24.0. The lowest BCUT2D eigenvalue weighted by Crippen LogP contribution is -2.24. The van der Waals surface area contributed by atoms with Crippen molar-refractivity contribution in [2.24, 2.45) is 0 Å². The van der Waals surface area contributed by atoms with Crippen LogP contribution in [0, 0.1) is 0 Å². The molecule has 0 aliphatic heterocycles. The Bertz CT molecular complexity index is 1500. The second kappa shape index (κ2) is 10.9. The number of rotatable bonds is 9. The normalized spacial score (nSPS) is 11.1. The van der Waals surface area contributed by atoms with Crippen molar-refractivity contribution in [3.8, 4) is 22.8 Å². The largest absolute Gasteiger partial charge is 0.494 e. The monoisotopic (exact) mass is 517 g/mol. The molecule has 0 aliphatic carbocycles. The molecule has 0 unspecified atom stereocenters. The molecule has 2 heterocycles. The van der Waals surface area contributed by atoms with Gasteiger partial charge in [-0.1, -0.05) is 59.8 Å². The van der Waals surface area contributed by atoms with Gasteiger partial charge in [0.1, 0.15) is 5.75 Å². The topological polar surface area (TPSA) is 84.8 Å². The number of fused-ring (bicyclic) bond motifs is 1. The zero-order valence-electron chi connectivity index (χ0n) is 19.6. The van der Waals surface area contributed by atoms with Crippen LogP contribution in [0.15, 0.2) is 84.1 Å². The van der Waals surface area contributed by atoms with Gasteiger partial charge in [0.15, 0.2) is 11.0 Å². The minimum Gasteiger partial charge on any atom is -0.494 e. The fraction of sp³-hybridized carbons (Fsp3) is 0.148. The van der Waals surface area contributed by atoms with Gasteiger partial charge in [-0.15, -0.1) is 10.2 Å². The van der Waals surface area contributed by atoms with Crippen LogP contribution in [0.1, 0.15) is 12.5 Å². The number of aromatic amines is 1. The first-order chi connectivity index (χ1) is 17.6. The third kappa shape index (κ3) is 5.10. The molecule has 2 N–H and O–H groups in total. The van der Waals surface area contributed by atoms with Crippen molar-refractivity contribution >= 4 is 40.2 Å². The number of para-hydroxylation sites is 1. The van der Waals surface area contributed by atoms with E-state index in [4.69, 9.17) is 16.3 Å². The highest BCUT2D eigenvalue weighted by Gasteiger charge is 2.20. The Morgan fingerprint density at radius 1 is 1.06 bits per heavy atom. The van der Waals surface area contributed by atoms with Crippen molar-refractivity contribution in [2.45, 2.75) is 18.6 Å². The third-order valence-corrected chi connectivity index (χ3v) is 6.93. The molecule has 3 aromatic carbocycles. The van der Waals surface area contributed by atoms with Crippen LogP contribution in [0.4, 0.5) is 0 Å². The van der Waals surface area contributed by atoms with Crippen LogP contribution in [-0.2, 0) is 11.3 Å². The number of carbonyl (C=O) groups excluding carboxylic acids is 1. The number of carbonyl (C=O) groups is 1. The molecule has 2 aromatic heterocycles. The van der Waals surface area contributed by atoms with E-state index in [0.29, 0.717) is 29.2 Å². The molecular formula is C27H24ClN5O2S. The summed E-state index contributed by atoms with van der Waals surface area (Å²) in [6, 6.07) is 23.3. The Morgan fingerprint density at radius 3 is 2.64 bits per heavy atom. The van der Waals surface area contributed by atoms with E-state index >= 15 is 0 Å². The summed E-state index contributed by atoms with van der Waals surface area (Å²) in [5.74, 6) is 1.55. The number of hydrogen-bond donors (Lipinski definition) is 2. The van der Waals surface area contributed by atoms with E-state index in [-0.39, 0.29) is 11.7 Å². The molecule has 182 valence electrons. The maximum absolute atomic E-state index is 12.6. The number of benzene rings is 3. The molecule has 9 heteroatoms. The minimum absolute atomic E-state index is 0.116. The van der Waals surface area contributed by atoms with E-state index in [2.05, 4.69) is 20.5 Å². The van der Waals surface area contributed by atoms with Gasteiger partial charge in [0, 0.05) is 39.9 Å². The zero-order valence-corrected chi connectivity index (χ0v) is 21.1. The van der Waals surface area contributed by atoms with Gasteiger partial charge in [-0.2, -0.15) is 0 Å². The van der Waals surface area contributed by atoms with E-state index in [1.807, 2.05) is 90.5 Å². The Kier molecular flexibility index (Phi) is 7.25. The van der Waals surface area contributed by atoms with Crippen molar-refractivity contribution in [1.29, 1.82) is 0 Å². The van der Waals surface area contributed by atoms with E-state index in [0.717, 1.165) is 33.5 Å². The van der Waals surface area contributed by atoms with Gasteiger partial charge in [-0.25, -0.2) is 0 Å². The van der Waals surface area contributed by atoms with Crippen molar-refractivity contribution in [3.63, 3.8) is 0 Å². The highest BCUT2D eigenvalue weighted by molar-refractivity contribution is 7.99. The van der Waals surface area contributed by atoms with Crippen LogP contribution in [0.25, 0.3) is 28.0 Å². The van der Waals surface area contributed by atoms with E-state index < -0.39 is 0 Å². The molecule has 0 aliphatic rings. The number of ether oxygens (including phenoxy) is 1. The first-order valence-electron chi connectivity index (χ1n) is 11.5. The Morgan fingerprint density at radius 2 is 1.83 bits per heavy atom. The molecule has 5 aromatic rings. The summed E-state index contributed by atoms with van der Waals surface area (Å²) in [5, 5.41) is 14.2. The maximum atomic E-state index is 12.6. The highest BCUT2D eigenvalue weighted by atomic mass is 35.5. The molecule has 0 bridgehead atoms. The number of thioether (sulfide) groups is 1. The highest BCUT2D eigenvalue weighted by Crippen LogP contribution is 2.33. The molecule has 0 saturated heterocycles. The Hall–Kier alpha value is -3.75. The average molecular weight is 518 g/mol. The van der Waals surface area contributed by atoms with Crippen LogP contribution < -0.4 is 10.1 Å². The number of halogens is 1. The van der Waals surface area contributed by atoms with Gasteiger partial charge >= 0.3 is 0 Å². The Labute approximate surface area is 217 Å². The van der Waals surface area contributed by atoms with Gasteiger partial charge in [0.2, 0.25) is 5.91 Å². The van der Waals surface area contributed by atoms with Crippen molar-refractivity contribution in [2.75, 3.05) is 12.4 Å². The standard InChI is InChI=1S/C27H24ClN5O2S/c1-2-35-20-13-11-19(12-14-20)33-26(22-16-29-24-10-6-4-8-21(22)24)31-32-27(33)36-17-25(34)30-15-18-7-3-5-9-23(18)28/h3-14,16,29H,2,15,17H2,1H3,(H,30,34). The fourth-order valence-electron chi connectivity index (χ4n) is 3.90. The second-order valence-electron chi connectivity index (χ2n) is 7.97. The van der Waals surface area contributed by atoms with Crippen molar-refractivity contribution in [1.82, 2.24) is 25.1 Å². The minimum atomic E-state index is -0.116. The lowest BCUT2D eigenvalue weighted by molar-refractivity contribution is -0.118. The molecule has 7 nitrogen and oxygen atoms in total. The molecule has 36 heavy (non-hydrogen) atoms. The molecular weight excluding hydrogens is 494 g/mol. The molecule has 5 rings (SSSR count). The number of nitrogens with zero attached hydrogens (tertiary/aromatic N) is 3. The average Bonchev–Trinajstić information content (AvgIpc) is 3.52. The molecule has 0 radical (unpaired) electrons. The zero-order chi connectivity index (χ0) is 24.9. The summed E-state index contributed by atoms with van der Waals surface area (Å²) in [6.07, 6.45) is 1.94. The number of nitrogens with one attached hydrogen (secondary N) is 2. The maximum Gasteiger partial charge on any atom is 0.230 e. The Balaban J connectivity index is 1.42. The van der Waals surface area contributed by atoms with Crippen LogP contribution in [0.3, 0.4) is 0 Å². The summed E-state index contributed by atoms with van der Waals surface area (Å²) < 4.78 is 7.58. The SMILES string of the molecule is CCOc1ccc(-n2c(SCC(=O)NCc3ccccc3Cl)nnc2-c2c[nH]c3ccccc23)cc1. The van der Waals surface area contributed by atoms with Crippen LogP contribution in [-0.4, -0.2) is 38.0 Å². The van der Waals surface area contributed by atoms with Crippen molar-refractivity contribution < 1.29 is 9.53 Å². The van der Waals surface area contributed by atoms with Crippen molar-refractivity contribution in [3.05, 3.63) is 89.6 Å². The van der Waals surface area contributed by atoms with Crippen LogP contribution in [0.2, 0.25) is 5.02 Å². The summed E-state index contributed by atoms with van der Waals surface area (Å²) in [5.41, 5.74) is 3.70. The summed E-state index contributed by atoms with van der Waals surface area (Å²) in [7, 11) is 0. The predicted octanol–water partition coefficient (Wildman–Crippen LogP) is 5.88. The first-order valence-corrected chi connectivity index (χ1v) is 12.9. The van der Waals surface area contributed by atoms with Gasteiger partial charge in [-0.05, 0) is 48.9 Å². The quantitative estimate of drug-likeness (QED) is 0.239. The van der Waals surface area contributed by atoms with Gasteiger partial charge in [0.05, 0.1) is 12.4 Å². The molecule has 0 spiro atoms. The lowest BCUT2D eigenvalue weighted by atomic mass is 10.1. The fourth-order valence-corrected chi connectivity index (χ4v) is 4.89. The van der Waals surface area contributed by atoms with Gasteiger partial charge < -0.3 is 15.0 Å². The van der Waals surface area contributed by atoms with Crippen LogP contribution in [0.5, 0.6) is 5.75 Å². The number of aromatic nitrogens is 4. The summed E-state index contributed by atoms with van der Waals surface area (Å²) in [6.45, 7) is 2.91. The van der Waals surface area contributed by atoms with E-state index in [9.17, 15) is 4.79 Å². The van der Waals surface area contributed by atoms with Crippen LogP contribution >= 0.6 is 23.4 Å². The summed E-state index contributed by atoms with van der Waals surface area (Å²) >= 11 is 7.53. The van der Waals surface area contributed by atoms with E-state index in [1.165, 1.54) is 11.8 Å². The number of H-pyrrole nitrogens is 1. The molecule has 0 fully saturated rings. The van der Waals surface area contributed by atoms with E-state index in [1.54, 1.807) is 0 Å². The molecule has 1 amide bonds. The number of hydrogen-bond acceptors (Lipinski definition) is 5. The lowest BCUT2D eigenvalue weighted by Gasteiger charge is -2.11. The third-order valence-electron chi connectivity index (χ3n) is 5.64. The second-order valence-corrected chi connectivity index (χ2v) is 9.32.